The maximum atomic E-state index is 12.5. The van der Waals surface area contributed by atoms with Gasteiger partial charge in [-0.1, -0.05) is 31.2 Å². The van der Waals surface area contributed by atoms with Crippen molar-refractivity contribution < 1.29 is 9.53 Å². The molecule has 0 aliphatic carbocycles. The van der Waals surface area contributed by atoms with Crippen molar-refractivity contribution >= 4 is 5.97 Å². The molecule has 0 bridgehead atoms. The molecule has 0 spiro atoms. The second-order valence-electron chi connectivity index (χ2n) is 5.17. The first-order valence-corrected chi connectivity index (χ1v) is 7.36. The fourth-order valence-corrected chi connectivity index (χ4v) is 2.45. The average Bonchev–Trinajstić information content (AvgIpc) is 2.60. The fourth-order valence-electron chi connectivity index (χ4n) is 2.45. The summed E-state index contributed by atoms with van der Waals surface area (Å²) in [6.45, 7) is 3.64. The van der Waals surface area contributed by atoms with Gasteiger partial charge < -0.3 is 4.74 Å². The van der Waals surface area contributed by atoms with Gasteiger partial charge in [-0.25, -0.2) is 4.79 Å². The number of hydrogen-bond acceptors (Lipinski definition) is 4. The van der Waals surface area contributed by atoms with Crippen LogP contribution in [-0.2, 0) is 16.0 Å². The van der Waals surface area contributed by atoms with Gasteiger partial charge in [0.15, 0.2) is 0 Å². The van der Waals surface area contributed by atoms with Crippen LogP contribution >= 0.6 is 0 Å². The minimum atomic E-state index is -0.818. The molecule has 1 unspecified atom stereocenters. The Morgan fingerprint density at radius 3 is 2.43 bits per heavy atom. The number of nitriles is 1. The number of aryl methyl sites for hydroxylation is 1. The van der Waals surface area contributed by atoms with Crippen LogP contribution < -0.4 is 5.56 Å². The lowest BCUT2D eigenvalue weighted by Gasteiger charge is -2.18. The monoisotopic (exact) mass is 310 g/mol. The Morgan fingerprint density at radius 2 is 1.91 bits per heavy atom. The summed E-state index contributed by atoms with van der Waals surface area (Å²) >= 11 is 0. The highest BCUT2D eigenvalue weighted by Gasteiger charge is 2.21. The van der Waals surface area contributed by atoms with E-state index in [1.165, 1.54) is 23.3 Å². The Hall–Kier alpha value is -2.87. The lowest BCUT2D eigenvalue weighted by atomic mass is 10.1. The summed E-state index contributed by atoms with van der Waals surface area (Å²) in [4.78, 5) is 24.4. The first-order valence-electron chi connectivity index (χ1n) is 7.36. The van der Waals surface area contributed by atoms with Crippen LogP contribution in [0.3, 0.4) is 0 Å². The summed E-state index contributed by atoms with van der Waals surface area (Å²) in [5.74, 6) is -0.534. The second kappa shape index (κ2) is 6.93. The third-order valence-corrected chi connectivity index (χ3v) is 3.82. The summed E-state index contributed by atoms with van der Waals surface area (Å²) in [5, 5.41) is 9.07. The zero-order valence-electron chi connectivity index (χ0n) is 13.4. The smallest absolute Gasteiger partial charge is 0.328 e. The average molecular weight is 310 g/mol. The van der Waals surface area contributed by atoms with Crippen molar-refractivity contribution in [3.63, 3.8) is 0 Å². The van der Waals surface area contributed by atoms with E-state index in [-0.39, 0.29) is 5.56 Å². The number of carbonyl (C=O) groups is 1. The van der Waals surface area contributed by atoms with Crippen molar-refractivity contribution in [1.29, 1.82) is 5.26 Å². The molecule has 23 heavy (non-hydrogen) atoms. The Balaban J connectivity index is 2.67. The molecule has 0 amide bonds. The van der Waals surface area contributed by atoms with Crippen molar-refractivity contribution in [3.8, 4) is 17.3 Å². The summed E-state index contributed by atoms with van der Waals surface area (Å²) in [7, 11) is 1.27. The molecule has 2 rings (SSSR count). The number of nitrogens with zero attached hydrogens (tertiary/aromatic N) is 2. The Bertz CT molecular complexity index is 814. The number of methoxy groups -OCH3 is 1. The van der Waals surface area contributed by atoms with Gasteiger partial charge in [0.05, 0.1) is 12.8 Å². The molecule has 0 radical (unpaired) electrons. The molecule has 1 aromatic carbocycles. The maximum Gasteiger partial charge on any atom is 0.328 e. The second-order valence-corrected chi connectivity index (χ2v) is 5.17. The summed E-state index contributed by atoms with van der Waals surface area (Å²) in [6.07, 6.45) is 0.916. The molecule has 5 nitrogen and oxygen atoms in total. The summed E-state index contributed by atoms with van der Waals surface area (Å²) < 4.78 is 6.05. The van der Waals surface area contributed by atoms with E-state index in [9.17, 15) is 9.59 Å². The molecule has 2 aromatic rings. The van der Waals surface area contributed by atoms with Gasteiger partial charge in [-0.05, 0) is 36.6 Å². The summed E-state index contributed by atoms with van der Waals surface area (Å²) in [6, 6.07) is 12.0. The number of pyridine rings is 1. The van der Waals surface area contributed by atoms with E-state index in [2.05, 4.69) is 6.92 Å². The van der Waals surface area contributed by atoms with Gasteiger partial charge in [0.2, 0.25) is 0 Å². The number of aromatic nitrogens is 1. The number of carbonyl (C=O) groups excluding carboxylic acids is 1. The normalized spacial score (nSPS) is 11.6. The third kappa shape index (κ3) is 3.16. The molecule has 0 N–H and O–H groups in total. The largest absolute Gasteiger partial charge is 0.467 e. The van der Waals surface area contributed by atoms with E-state index in [4.69, 9.17) is 10.00 Å². The molecule has 1 heterocycles. The minimum absolute atomic E-state index is 0.00492. The highest BCUT2D eigenvalue weighted by atomic mass is 16.5. The van der Waals surface area contributed by atoms with Gasteiger partial charge in [-0.3, -0.25) is 9.36 Å². The van der Waals surface area contributed by atoms with Gasteiger partial charge in [0, 0.05) is 0 Å². The van der Waals surface area contributed by atoms with Gasteiger partial charge >= 0.3 is 5.97 Å². The molecular formula is C18H18N2O3. The first kappa shape index (κ1) is 16.5. The van der Waals surface area contributed by atoms with Crippen LogP contribution in [0.2, 0.25) is 0 Å². The Morgan fingerprint density at radius 1 is 1.26 bits per heavy atom. The van der Waals surface area contributed by atoms with E-state index in [1.807, 2.05) is 30.3 Å². The predicted molar refractivity (Wildman–Crippen MR) is 87.0 cm³/mol. The van der Waals surface area contributed by atoms with E-state index in [1.54, 1.807) is 13.0 Å². The lowest BCUT2D eigenvalue weighted by Crippen LogP contribution is -2.31. The molecule has 5 heteroatoms. The van der Waals surface area contributed by atoms with Gasteiger partial charge in [-0.2, -0.15) is 5.26 Å². The van der Waals surface area contributed by atoms with Crippen LogP contribution in [0.15, 0.2) is 41.2 Å². The van der Waals surface area contributed by atoms with E-state index < -0.39 is 17.6 Å². The standard InChI is InChI=1S/C18H18N2O3/c1-4-13-5-7-14(8-6-13)16-10-9-15(11-19)17(21)20(16)12(2)18(22)23-3/h5-10,12H,4H2,1-3H3. The van der Waals surface area contributed by atoms with Crippen molar-refractivity contribution in [2.45, 2.75) is 26.3 Å². The lowest BCUT2D eigenvalue weighted by molar-refractivity contribution is -0.144. The van der Waals surface area contributed by atoms with Crippen LogP contribution in [0, 0.1) is 11.3 Å². The Kier molecular flexibility index (Phi) is 4.97. The molecule has 0 saturated carbocycles. The van der Waals surface area contributed by atoms with Crippen LogP contribution in [0.1, 0.15) is 31.0 Å². The fraction of sp³-hybridized carbons (Fsp3) is 0.278. The molecule has 0 fully saturated rings. The highest BCUT2D eigenvalue weighted by Crippen LogP contribution is 2.22. The quantitative estimate of drug-likeness (QED) is 0.814. The first-order chi connectivity index (χ1) is 11.0. The van der Waals surface area contributed by atoms with Crippen LogP contribution in [0.4, 0.5) is 0 Å². The zero-order chi connectivity index (χ0) is 17.0. The van der Waals surface area contributed by atoms with Gasteiger partial charge in [0.25, 0.3) is 5.56 Å². The number of esters is 1. The van der Waals surface area contributed by atoms with Gasteiger partial charge in [-0.15, -0.1) is 0 Å². The van der Waals surface area contributed by atoms with E-state index >= 15 is 0 Å². The molecule has 1 aromatic heterocycles. The number of rotatable bonds is 4. The molecule has 0 saturated heterocycles. The van der Waals surface area contributed by atoms with Crippen LogP contribution in [0.25, 0.3) is 11.3 Å². The Labute approximate surface area is 134 Å². The molecule has 1 atom stereocenters. The van der Waals surface area contributed by atoms with E-state index in [0.717, 1.165) is 12.0 Å². The van der Waals surface area contributed by atoms with E-state index in [0.29, 0.717) is 5.69 Å². The third-order valence-electron chi connectivity index (χ3n) is 3.82. The van der Waals surface area contributed by atoms with Crippen molar-refractivity contribution in [3.05, 3.63) is 57.9 Å². The zero-order valence-corrected chi connectivity index (χ0v) is 13.4. The molecule has 0 aliphatic rings. The minimum Gasteiger partial charge on any atom is -0.467 e. The molecular weight excluding hydrogens is 292 g/mol. The van der Waals surface area contributed by atoms with Crippen molar-refractivity contribution in [2.24, 2.45) is 0 Å². The number of hydrogen-bond donors (Lipinski definition) is 0. The van der Waals surface area contributed by atoms with Gasteiger partial charge in [0.1, 0.15) is 17.7 Å². The molecule has 0 aliphatic heterocycles. The van der Waals surface area contributed by atoms with Crippen LogP contribution in [-0.4, -0.2) is 17.6 Å². The molecule has 118 valence electrons. The highest BCUT2D eigenvalue weighted by molar-refractivity contribution is 5.75. The topological polar surface area (TPSA) is 72.1 Å². The summed E-state index contributed by atoms with van der Waals surface area (Å²) in [5.41, 5.74) is 2.06. The number of benzene rings is 1. The predicted octanol–water partition coefficient (Wildman–Crippen LogP) is 2.68. The maximum absolute atomic E-state index is 12.5. The SMILES string of the molecule is CCc1ccc(-c2ccc(C#N)c(=O)n2C(C)C(=O)OC)cc1. The number of ether oxygens (including phenoxy) is 1. The van der Waals surface area contributed by atoms with Crippen molar-refractivity contribution in [2.75, 3.05) is 7.11 Å². The van der Waals surface area contributed by atoms with Crippen LogP contribution in [0.5, 0.6) is 0 Å². The van der Waals surface area contributed by atoms with Crippen molar-refractivity contribution in [1.82, 2.24) is 4.57 Å².